The van der Waals surface area contributed by atoms with Gasteiger partial charge in [0.2, 0.25) is 0 Å². The standard InChI is InChI=1S/C47H81O15P/c1-3-5-7-9-11-12-13-14-15-16-17-18-19-21-27-33-40(50)59-35-39(36-60-63(57,58)62-47-45(55)43(53)42(52)44(54)46(47)56)61-41(51)34-28-32-38(49)31-26-23-22-25-30-37(48)29-24-20-10-8-6-4-2/h6,8,20,22-26,30-31,37-39,42-49,52-56H,3-5,7,9-19,21,27-29,32-36H2,1-2H3,(H,57,58)/b8-6-,23-22-,24-20-,30-25+,31-26+. The van der Waals surface area contributed by atoms with E-state index in [2.05, 4.69) is 26.0 Å². The lowest BCUT2D eigenvalue weighted by molar-refractivity contribution is -0.220. The number of phosphoric acid groups is 1. The number of carbonyl (C=O) groups is 2. The Morgan fingerprint density at radius 1 is 0.587 bits per heavy atom. The van der Waals surface area contributed by atoms with Gasteiger partial charge < -0.3 is 50.1 Å². The topological polar surface area (TPSA) is 250 Å². The number of hydrogen-bond acceptors (Lipinski definition) is 14. The number of ether oxygens (including phenoxy) is 2. The molecule has 8 unspecified atom stereocenters. The Morgan fingerprint density at radius 3 is 1.63 bits per heavy atom. The minimum absolute atomic E-state index is 0.114. The third-order valence-electron chi connectivity index (χ3n) is 10.6. The van der Waals surface area contributed by atoms with Gasteiger partial charge in [-0.05, 0) is 38.5 Å². The van der Waals surface area contributed by atoms with Crippen LogP contribution in [0.3, 0.4) is 0 Å². The molecule has 1 fully saturated rings. The van der Waals surface area contributed by atoms with Crippen LogP contribution in [0.4, 0.5) is 0 Å². The molecule has 1 aliphatic carbocycles. The molecular weight excluding hydrogens is 835 g/mol. The molecule has 0 heterocycles. The smallest absolute Gasteiger partial charge is 0.462 e. The van der Waals surface area contributed by atoms with Crippen LogP contribution in [0, 0.1) is 0 Å². The number of aliphatic hydroxyl groups is 7. The summed E-state index contributed by atoms with van der Waals surface area (Å²) in [6.07, 6.45) is 23.2. The van der Waals surface area contributed by atoms with Gasteiger partial charge in [0.05, 0.1) is 18.8 Å². The third kappa shape index (κ3) is 29.6. The molecule has 16 heteroatoms. The minimum Gasteiger partial charge on any atom is -0.462 e. The minimum atomic E-state index is -5.19. The summed E-state index contributed by atoms with van der Waals surface area (Å²) in [7, 11) is -5.19. The van der Waals surface area contributed by atoms with E-state index < -0.39 is 87.9 Å². The van der Waals surface area contributed by atoms with Crippen molar-refractivity contribution in [2.75, 3.05) is 13.2 Å². The van der Waals surface area contributed by atoms with E-state index in [9.17, 15) is 54.8 Å². The van der Waals surface area contributed by atoms with Crippen molar-refractivity contribution in [2.45, 2.75) is 210 Å². The highest BCUT2D eigenvalue weighted by atomic mass is 31.2. The highest BCUT2D eigenvalue weighted by molar-refractivity contribution is 7.47. The molecule has 15 nitrogen and oxygen atoms in total. The van der Waals surface area contributed by atoms with Crippen LogP contribution in [0.5, 0.6) is 0 Å². The number of unbranched alkanes of at least 4 members (excludes halogenated alkanes) is 14. The second kappa shape index (κ2) is 36.7. The maximum Gasteiger partial charge on any atom is 0.472 e. The third-order valence-corrected chi connectivity index (χ3v) is 11.5. The van der Waals surface area contributed by atoms with E-state index in [0.29, 0.717) is 12.8 Å². The SMILES string of the molecule is CC/C=C\C/C=C\CC(O)/C=C/C=C\C=C\C(O)CCCC(=O)OC(COC(=O)CCCCCCCCCCCCCCCCC)COP(=O)(O)OC1C(O)C(O)C(O)C(O)C1O. The molecule has 0 radical (unpaired) electrons. The van der Waals surface area contributed by atoms with Gasteiger partial charge in [0.15, 0.2) is 6.10 Å². The zero-order chi connectivity index (χ0) is 46.7. The van der Waals surface area contributed by atoms with Crippen LogP contribution in [0.1, 0.15) is 155 Å². The molecule has 63 heavy (non-hydrogen) atoms. The largest absolute Gasteiger partial charge is 0.472 e. The lowest BCUT2D eigenvalue weighted by atomic mass is 9.85. The maximum atomic E-state index is 12.8. The van der Waals surface area contributed by atoms with Gasteiger partial charge in [0.1, 0.15) is 43.2 Å². The molecule has 0 bridgehead atoms. The van der Waals surface area contributed by atoms with E-state index in [1.165, 1.54) is 70.3 Å². The van der Waals surface area contributed by atoms with E-state index in [-0.39, 0.29) is 25.7 Å². The highest BCUT2D eigenvalue weighted by Crippen LogP contribution is 2.47. The van der Waals surface area contributed by atoms with Gasteiger partial charge >= 0.3 is 19.8 Å². The molecule has 1 rings (SSSR count). The van der Waals surface area contributed by atoms with Crippen molar-refractivity contribution in [3.8, 4) is 0 Å². The summed E-state index contributed by atoms with van der Waals surface area (Å²) < 4.78 is 33.3. The molecule has 0 aromatic carbocycles. The van der Waals surface area contributed by atoms with Gasteiger partial charge in [-0.25, -0.2) is 4.57 Å². The van der Waals surface area contributed by atoms with E-state index in [1.807, 2.05) is 12.2 Å². The normalized spacial score (nSPS) is 23.3. The lowest BCUT2D eigenvalue weighted by Crippen LogP contribution is -2.64. The van der Waals surface area contributed by atoms with E-state index >= 15 is 0 Å². The second-order valence-corrected chi connectivity index (χ2v) is 17.7. The zero-order valence-corrected chi connectivity index (χ0v) is 38.7. The van der Waals surface area contributed by atoms with Crippen LogP contribution in [-0.2, 0) is 32.7 Å². The van der Waals surface area contributed by atoms with Gasteiger partial charge in [0.25, 0.3) is 0 Å². The Balaban J connectivity index is 2.58. The molecule has 8 N–H and O–H groups in total. The maximum absolute atomic E-state index is 12.8. The Morgan fingerprint density at radius 2 is 1.08 bits per heavy atom. The van der Waals surface area contributed by atoms with Crippen molar-refractivity contribution >= 4 is 19.8 Å². The average molecular weight is 917 g/mol. The number of esters is 2. The molecule has 0 aromatic rings. The van der Waals surface area contributed by atoms with Crippen LogP contribution in [-0.4, -0.2) is 121 Å². The number of rotatable bonds is 37. The summed E-state index contributed by atoms with van der Waals surface area (Å²) in [5, 5.41) is 70.5. The van der Waals surface area contributed by atoms with Crippen LogP contribution in [0.2, 0.25) is 0 Å². The van der Waals surface area contributed by atoms with Crippen LogP contribution < -0.4 is 0 Å². The monoisotopic (exact) mass is 917 g/mol. The molecule has 0 saturated heterocycles. The summed E-state index contributed by atoms with van der Waals surface area (Å²) in [6.45, 7) is 2.94. The highest BCUT2D eigenvalue weighted by Gasteiger charge is 2.51. The van der Waals surface area contributed by atoms with Crippen molar-refractivity contribution in [1.82, 2.24) is 0 Å². The second-order valence-electron chi connectivity index (χ2n) is 16.3. The fourth-order valence-corrected chi connectivity index (χ4v) is 7.73. The molecule has 0 aromatic heterocycles. The van der Waals surface area contributed by atoms with Crippen molar-refractivity contribution in [1.29, 1.82) is 0 Å². The summed E-state index contributed by atoms with van der Waals surface area (Å²) in [5.74, 6) is -1.34. The van der Waals surface area contributed by atoms with Gasteiger partial charge in [-0.15, -0.1) is 0 Å². The van der Waals surface area contributed by atoms with Crippen molar-refractivity contribution < 1.29 is 73.3 Å². The van der Waals surface area contributed by atoms with Gasteiger partial charge in [-0.1, -0.05) is 164 Å². The molecule has 8 atom stereocenters. The Hall–Kier alpha value is -2.53. The molecule has 0 spiro atoms. The van der Waals surface area contributed by atoms with E-state index in [0.717, 1.165) is 38.5 Å². The summed E-state index contributed by atoms with van der Waals surface area (Å²) in [4.78, 5) is 35.7. The van der Waals surface area contributed by atoms with E-state index in [4.69, 9.17) is 18.5 Å². The van der Waals surface area contributed by atoms with Crippen LogP contribution in [0.25, 0.3) is 0 Å². The fraction of sp³-hybridized carbons (Fsp3) is 0.745. The van der Waals surface area contributed by atoms with E-state index in [1.54, 1.807) is 30.4 Å². The quantitative estimate of drug-likeness (QED) is 0.0104. The molecule has 1 saturated carbocycles. The molecule has 0 aliphatic heterocycles. The summed E-state index contributed by atoms with van der Waals surface area (Å²) in [6, 6.07) is 0. The van der Waals surface area contributed by atoms with Crippen molar-refractivity contribution in [3.63, 3.8) is 0 Å². The number of phosphoric ester groups is 1. The van der Waals surface area contributed by atoms with Crippen molar-refractivity contribution in [2.24, 2.45) is 0 Å². The first-order valence-electron chi connectivity index (χ1n) is 23.3. The number of carbonyl (C=O) groups excluding carboxylic acids is 2. The molecular formula is C47H81O15P. The first-order valence-corrected chi connectivity index (χ1v) is 24.8. The van der Waals surface area contributed by atoms with Crippen LogP contribution in [0.15, 0.2) is 60.8 Å². The lowest BCUT2D eigenvalue weighted by Gasteiger charge is -2.41. The predicted molar refractivity (Wildman–Crippen MR) is 242 cm³/mol. The first-order chi connectivity index (χ1) is 30.2. The fourth-order valence-electron chi connectivity index (χ4n) is 6.76. The summed E-state index contributed by atoms with van der Waals surface area (Å²) >= 11 is 0. The average Bonchev–Trinajstić information content (AvgIpc) is 3.25. The molecule has 364 valence electrons. The Kier molecular flexibility index (Phi) is 34.0. The first kappa shape index (κ1) is 58.5. The Bertz CT molecular complexity index is 1370. The molecule has 0 amide bonds. The number of allylic oxidation sites excluding steroid dienone is 7. The van der Waals surface area contributed by atoms with Gasteiger partial charge in [0, 0.05) is 12.8 Å². The van der Waals surface area contributed by atoms with Crippen LogP contribution >= 0.6 is 7.82 Å². The number of aliphatic hydroxyl groups excluding tert-OH is 7. The van der Waals surface area contributed by atoms with Gasteiger partial charge in [-0.2, -0.15) is 0 Å². The Labute approximate surface area is 376 Å². The predicted octanol–water partition coefficient (Wildman–Crippen LogP) is 6.89. The van der Waals surface area contributed by atoms with Crippen molar-refractivity contribution in [3.05, 3.63) is 60.8 Å². The summed E-state index contributed by atoms with van der Waals surface area (Å²) in [5.41, 5.74) is 0. The number of hydrogen-bond donors (Lipinski definition) is 8. The van der Waals surface area contributed by atoms with Gasteiger partial charge in [-0.3, -0.25) is 18.6 Å². The zero-order valence-electron chi connectivity index (χ0n) is 37.8. The molecule has 1 aliphatic rings.